The van der Waals surface area contributed by atoms with Crippen LogP contribution in [0.15, 0.2) is 72.2 Å². The van der Waals surface area contributed by atoms with Gasteiger partial charge >= 0.3 is 0 Å². The van der Waals surface area contributed by atoms with Gasteiger partial charge in [0.2, 0.25) is 0 Å². The Labute approximate surface area is 149 Å². The number of benzene rings is 2. The Morgan fingerprint density at radius 3 is 2.69 bits per heavy atom. The molecular weight excluding hydrogens is 326 g/mol. The predicted molar refractivity (Wildman–Crippen MR) is 102 cm³/mol. The lowest BCUT2D eigenvalue weighted by Gasteiger charge is -2.29. The smallest absolute Gasteiger partial charge is 0.138 e. The predicted octanol–water partition coefficient (Wildman–Crippen LogP) is 4.41. The molecule has 0 amide bonds. The van der Waals surface area contributed by atoms with Gasteiger partial charge in [0.25, 0.3) is 0 Å². The normalized spacial score (nSPS) is 15.6. The number of fused-ring (bicyclic) bond motifs is 2. The zero-order valence-electron chi connectivity index (χ0n) is 13.8. The number of nitrogens with two attached hydrogens (primary N) is 1. The molecule has 0 saturated heterocycles. The molecule has 0 fully saturated rings. The monoisotopic (exact) mass is 341 g/mol. The molecular formula is C20H15N5O. The Kier molecular flexibility index (Phi) is 3.13. The third-order valence-electron chi connectivity index (χ3n) is 4.98. The summed E-state index contributed by atoms with van der Waals surface area (Å²) in [5, 5.41) is 5.94. The van der Waals surface area contributed by atoms with Gasteiger partial charge in [-0.1, -0.05) is 36.4 Å². The van der Waals surface area contributed by atoms with Crippen LogP contribution in [0, 0.1) is 4.91 Å². The summed E-state index contributed by atoms with van der Waals surface area (Å²) in [5.74, 6) is 6.62. The van der Waals surface area contributed by atoms with Crippen LogP contribution in [-0.2, 0) is 0 Å². The van der Waals surface area contributed by atoms with Gasteiger partial charge in [0.15, 0.2) is 0 Å². The summed E-state index contributed by atoms with van der Waals surface area (Å²) in [5.41, 5.74) is 5.90. The Balaban J connectivity index is 1.91. The maximum atomic E-state index is 11.4. The van der Waals surface area contributed by atoms with Crippen LogP contribution in [-0.4, -0.2) is 9.97 Å². The summed E-state index contributed by atoms with van der Waals surface area (Å²) in [7, 11) is 0. The molecule has 3 N–H and O–H groups in total. The summed E-state index contributed by atoms with van der Waals surface area (Å²) in [6.07, 6.45) is 3.70. The fourth-order valence-electron chi connectivity index (χ4n) is 3.86. The first-order chi connectivity index (χ1) is 12.8. The van der Waals surface area contributed by atoms with Gasteiger partial charge in [0.1, 0.15) is 11.3 Å². The quantitative estimate of drug-likeness (QED) is 0.417. The molecule has 0 bridgehead atoms. The fraction of sp³-hybridized carbons (Fsp3) is 0.0500. The van der Waals surface area contributed by atoms with Gasteiger partial charge in [0.05, 0.1) is 11.7 Å². The van der Waals surface area contributed by atoms with Crippen LogP contribution in [0.2, 0.25) is 0 Å². The lowest BCUT2D eigenvalue weighted by atomic mass is 9.96. The average molecular weight is 341 g/mol. The van der Waals surface area contributed by atoms with Crippen LogP contribution >= 0.6 is 0 Å². The number of aromatic amines is 1. The second-order valence-electron chi connectivity index (χ2n) is 6.30. The van der Waals surface area contributed by atoms with E-state index in [-0.39, 0.29) is 6.04 Å². The first kappa shape index (κ1) is 14.8. The fourth-order valence-corrected chi connectivity index (χ4v) is 3.86. The number of rotatable bonds is 2. The minimum absolute atomic E-state index is 0.357. The van der Waals surface area contributed by atoms with E-state index in [1.807, 2.05) is 48.7 Å². The zero-order valence-corrected chi connectivity index (χ0v) is 13.8. The third-order valence-corrected chi connectivity index (χ3v) is 4.98. The number of nitroso groups, excluding NO2 is 1. The molecule has 1 aliphatic rings. The number of nitrogens with zero attached hydrogens (tertiary/aromatic N) is 3. The van der Waals surface area contributed by atoms with Crippen molar-refractivity contribution in [2.45, 2.75) is 6.04 Å². The van der Waals surface area contributed by atoms with E-state index in [9.17, 15) is 4.91 Å². The molecule has 1 unspecified atom stereocenters. The molecule has 4 aromatic rings. The molecule has 26 heavy (non-hydrogen) atoms. The van der Waals surface area contributed by atoms with E-state index in [0.29, 0.717) is 5.69 Å². The first-order valence-corrected chi connectivity index (χ1v) is 8.31. The number of para-hydroxylation sites is 1. The minimum Gasteiger partial charge on any atom is -0.346 e. The molecule has 5 rings (SSSR count). The Morgan fingerprint density at radius 2 is 1.81 bits per heavy atom. The number of hydrogen-bond donors (Lipinski definition) is 2. The second-order valence-corrected chi connectivity index (χ2v) is 6.30. The highest BCUT2D eigenvalue weighted by Gasteiger charge is 2.31. The minimum atomic E-state index is -0.357. The van der Waals surface area contributed by atoms with Gasteiger partial charge in [-0.25, -0.2) is 10.8 Å². The summed E-state index contributed by atoms with van der Waals surface area (Å²) in [4.78, 5) is 19.1. The zero-order chi connectivity index (χ0) is 17.7. The van der Waals surface area contributed by atoms with E-state index in [0.717, 1.165) is 39.0 Å². The average Bonchev–Trinajstić information content (AvgIpc) is 3.08. The van der Waals surface area contributed by atoms with Gasteiger partial charge in [-0.15, -0.1) is 4.91 Å². The van der Waals surface area contributed by atoms with E-state index in [1.54, 1.807) is 23.3 Å². The number of hydrogen-bond acceptors (Lipinski definition) is 5. The highest BCUT2D eigenvalue weighted by Crippen LogP contribution is 2.46. The maximum absolute atomic E-state index is 11.4. The molecule has 1 atom stereocenters. The number of hydrazine groups is 1. The van der Waals surface area contributed by atoms with Crippen LogP contribution in [0.3, 0.4) is 0 Å². The van der Waals surface area contributed by atoms with Crippen molar-refractivity contribution in [2.24, 2.45) is 11.0 Å². The number of pyridine rings is 1. The van der Waals surface area contributed by atoms with Crippen molar-refractivity contribution in [1.82, 2.24) is 9.97 Å². The van der Waals surface area contributed by atoms with E-state index >= 15 is 0 Å². The van der Waals surface area contributed by atoms with Crippen molar-refractivity contribution in [3.63, 3.8) is 0 Å². The van der Waals surface area contributed by atoms with Crippen LogP contribution in [0.4, 0.5) is 11.4 Å². The van der Waals surface area contributed by atoms with Crippen molar-refractivity contribution >= 4 is 22.4 Å². The third kappa shape index (κ3) is 1.93. The van der Waals surface area contributed by atoms with E-state index in [1.165, 1.54) is 0 Å². The summed E-state index contributed by atoms with van der Waals surface area (Å²) in [6, 6.07) is 16.9. The molecule has 0 aliphatic carbocycles. The van der Waals surface area contributed by atoms with Crippen LogP contribution in [0.5, 0.6) is 0 Å². The van der Waals surface area contributed by atoms with E-state index in [2.05, 4.69) is 15.1 Å². The van der Waals surface area contributed by atoms with Gasteiger partial charge in [0, 0.05) is 34.5 Å². The molecule has 0 radical (unpaired) electrons. The maximum Gasteiger partial charge on any atom is 0.138 e. The van der Waals surface area contributed by atoms with Crippen molar-refractivity contribution < 1.29 is 0 Å². The van der Waals surface area contributed by atoms with Gasteiger partial charge in [-0.3, -0.25) is 5.01 Å². The number of H-pyrrole nitrogens is 1. The summed E-state index contributed by atoms with van der Waals surface area (Å²) < 4.78 is 0. The molecule has 6 nitrogen and oxygen atoms in total. The molecule has 3 heterocycles. The largest absolute Gasteiger partial charge is 0.346 e. The standard InChI is InChI=1S/C20H15N5O/c21-25-17-8-4-2-5-12(17)13-9-10-22-20-18(13)15(11-23-20)19(25)14-6-1-3-7-16(14)24-26/h1-11,19H,21H2,(H,22,23). The van der Waals surface area contributed by atoms with Crippen LogP contribution < -0.4 is 10.9 Å². The first-order valence-electron chi connectivity index (χ1n) is 8.31. The highest BCUT2D eigenvalue weighted by atomic mass is 16.3. The number of aromatic nitrogens is 2. The summed E-state index contributed by atoms with van der Waals surface area (Å²) >= 11 is 0. The molecule has 126 valence electrons. The van der Waals surface area contributed by atoms with Gasteiger partial charge in [-0.05, 0) is 28.9 Å². The SMILES string of the molecule is NN1c2ccccc2-c2ccnc3[nH]cc(c23)C1c1ccccc1N=O. The topological polar surface area (TPSA) is 87.4 Å². The Hall–Kier alpha value is -3.51. The van der Waals surface area contributed by atoms with Gasteiger partial charge in [-0.2, -0.15) is 0 Å². The Morgan fingerprint density at radius 1 is 1.00 bits per heavy atom. The Bertz CT molecular complexity index is 1150. The van der Waals surface area contributed by atoms with E-state index in [4.69, 9.17) is 5.84 Å². The molecule has 6 heteroatoms. The lowest BCUT2D eigenvalue weighted by molar-refractivity contribution is 0.744. The molecule has 1 aliphatic heterocycles. The molecule has 0 spiro atoms. The molecule has 0 saturated carbocycles. The molecule has 2 aromatic heterocycles. The van der Waals surface area contributed by atoms with Crippen LogP contribution in [0.25, 0.3) is 22.2 Å². The van der Waals surface area contributed by atoms with E-state index < -0.39 is 0 Å². The van der Waals surface area contributed by atoms with Gasteiger partial charge < -0.3 is 4.98 Å². The lowest BCUT2D eigenvalue weighted by Crippen LogP contribution is -2.35. The highest BCUT2D eigenvalue weighted by molar-refractivity contribution is 6.01. The van der Waals surface area contributed by atoms with Crippen LogP contribution in [0.1, 0.15) is 17.2 Å². The van der Waals surface area contributed by atoms with Crippen molar-refractivity contribution in [3.8, 4) is 11.1 Å². The van der Waals surface area contributed by atoms with Crippen molar-refractivity contribution in [1.29, 1.82) is 0 Å². The summed E-state index contributed by atoms with van der Waals surface area (Å²) in [6.45, 7) is 0. The number of nitrogens with one attached hydrogen (secondary N) is 1. The van der Waals surface area contributed by atoms with Crippen molar-refractivity contribution in [3.05, 3.63) is 83.0 Å². The molecule has 2 aromatic carbocycles. The second kappa shape index (κ2) is 5.50. The van der Waals surface area contributed by atoms with Crippen molar-refractivity contribution in [2.75, 3.05) is 5.01 Å². The number of anilines is 1.